The summed E-state index contributed by atoms with van der Waals surface area (Å²) >= 11 is 1.77. The lowest BCUT2D eigenvalue weighted by atomic mass is 9.82. The van der Waals surface area contributed by atoms with Crippen molar-refractivity contribution in [3.63, 3.8) is 0 Å². The van der Waals surface area contributed by atoms with Crippen LogP contribution in [0.25, 0.3) is 0 Å². The van der Waals surface area contributed by atoms with E-state index in [9.17, 15) is 0 Å². The summed E-state index contributed by atoms with van der Waals surface area (Å²) in [5, 5.41) is 4.71. The maximum absolute atomic E-state index is 5.39. The van der Waals surface area contributed by atoms with Crippen LogP contribution in [0.15, 0.2) is 6.20 Å². The zero-order chi connectivity index (χ0) is 11.4. The Kier molecular flexibility index (Phi) is 3.95. The highest BCUT2D eigenvalue weighted by atomic mass is 32.1. The Morgan fingerprint density at radius 1 is 1.50 bits per heavy atom. The van der Waals surface area contributed by atoms with Crippen LogP contribution in [0.3, 0.4) is 0 Å². The molecule has 4 heteroatoms. The van der Waals surface area contributed by atoms with Crippen LogP contribution in [0.5, 0.6) is 0 Å². The molecule has 0 atom stereocenters. The molecule has 1 aromatic rings. The van der Waals surface area contributed by atoms with Crippen LogP contribution in [0.1, 0.15) is 29.7 Å². The van der Waals surface area contributed by atoms with Crippen molar-refractivity contribution < 1.29 is 4.74 Å². The van der Waals surface area contributed by atoms with E-state index in [0.29, 0.717) is 5.41 Å². The highest BCUT2D eigenvalue weighted by molar-refractivity contribution is 7.11. The van der Waals surface area contributed by atoms with Crippen LogP contribution in [0.4, 0.5) is 0 Å². The van der Waals surface area contributed by atoms with Gasteiger partial charge in [0.15, 0.2) is 0 Å². The van der Waals surface area contributed by atoms with E-state index in [1.165, 1.54) is 9.88 Å². The Morgan fingerprint density at radius 2 is 2.25 bits per heavy atom. The first-order valence-corrected chi connectivity index (χ1v) is 6.69. The molecule has 0 aliphatic carbocycles. The van der Waals surface area contributed by atoms with E-state index in [-0.39, 0.29) is 0 Å². The molecule has 0 bridgehead atoms. The minimum Gasteiger partial charge on any atom is -0.381 e. The van der Waals surface area contributed by atoms with Gasteiger partial charge in [0.2, 0.25) is 0 Å². The Hall–Kier alpha value is -0.450. The Bertz CT molecular complexity index is 332. The third-order valence-corrected chi connectivity index (χ3v) is 4.11. The van der Waals surface area contributed by atoms with E-state index >= 15 is 0 Å². The fraction of sp³-hybridized carbons (Fsp3) is 0.750. The smallest absolute Gasteiger partial charge is 0.107 e. The zero-order valence-corrected chi connectivity index (χ0v) is 10.9. The van der Waals surface area contributed by atoms with Gasteiger partial charge in [0.05, 0.1) is 0 Å². The fourth-order valence-electron chi connectivity index (χ4n) is 2.00. The monoisotopic (exact) mass is 240 g/mol. The second-order valence-corrected chi connectivity index (χ2v) is 6.21. The third-order valence-electron chi connectivity index (χ3n) is 3.20. The summed E-state index contributed by atoms with van der Waals surface area (Å²) in [5.41, 5.74) is 0.407. The van der Waals surface area contributed by atoms with Crippen molar-refractivity contribution in [2.75, 3.05) is 19.8 Å². The molecule has 0 radical (unpaired) electrons. The van der Waals surface area contributed by atoms with E-state index in [1.807, 2.05) is 6.20 Å². The van der Waals surface area contributed by atoms with Crippen LogP contribution in [-0.2, 0) is 11.3 Å². The maximum atomic E-state index is 5.39. The number of hydrogen-bond acceptors (Lipinski definition) is 4. The number of nitrogens with zero attached hydrogens (tertiary/aromatic N) is 1. The first-order valence-electron chi connectivity index (χ1n) is 5.88. The van der Waals surface area contributed by atoms with Gasteiger partial charge in [0.1, 0.15) is 5.01 Å². The van der Waals surface area contributed by atoms with Crippen molar-refractivity contribution in [1.29, 1.82) is 0 Å². The molecule has 0 spiro atoms. The summed E-state index contributed by atoms with van der Waals surface area (Å²) in [7, 11) is 0. The van der Waals surface area contributed by atoms with Gasteiger partial charge >= 0.3 is 0 Å². The lowest BCUT2D eigenvalue weighted by Gasteiger charge is -2.33. The van der Waals surface area contributed by atoms with Crippen molar-refractivity contribution >= 4 is 11.3 Å². The molecule has 2 heterocycles. The Morgan fingerprint density at radius 3 is 2.88 bits per heavy atom. The van der Waals surface area contributed by atoms with Crippen molar-refractivity contribution in [3.05, 3.63) is 16.1 Å². The summed E-state index contributed by atoms with van der Waals surface area (Å²) in [6, 6.07) is 0. The van der Waals surface area contributed by atoms with Crippen molar-refractivity contribution in [3.8, 4) is 0 Å². The molecule has 16 heavy (non-hydrogen) atoms. The summed E-state index contributed by atoms with van der Waals surface area (Å²) in [5.74, 6) is 0. The molecule has 1 saturated heterocycles. The van der Waals surface area contributed by atoms with Gasteiger partial charge < -0.3 is 10.1 Å². The molecule has 3 nitrogen and oxygen atoms in total. The average Bonchev–Trinajstić information content (AvgIpc) is 2.65. The van der Waals surface area contributed by atoms with E-state index in [0.717, 1.165) is 39.1 Å². The molecule has 1 N–H and O–H groups in total. The molecule has 1 aromatic heterocycles. The standard InChI is InChI=1S/C12H20N2OS/c1-10-7-14-11(16-10)8-13-9-12(2)3-5-15-6-4-12/h7,13H,3-6,8-9H2,1-2H3. The summed E-state index contributed by atoms with van der Waals surface area (Å²) < 4.78 is 5.39. The highest BCUT2D eigenvalue weighted by Gasteiger charge is 2.26. The second-order valence-electron chi connectivity index (χ2n) is 4.89. The first kappa shape index (κ1) is 12.0. The fourth-order valence-corrected chi connectivity index (χ4v) is 2.75. The quantitative estimate of drug-likeness (QED) is 0.877. The topological polar surface area (TPSA) is 34.2 Å². The van der Waals surface area contributed by atoms with Crippen LogP contribution >= 0.6 is 11.3 Å². The van der Waals surface area contributed by atoms with E-state index in [2.05, 4.69) is 24.1 Å². The third kappa shape index (κ3) is 3.27. The molecule has 1 aliphatic heterocycles. The van der Waals surface area contributed by atoms with Gasteiger partial charge in [0, 0.05) is 37.4 Å². The number of nitrogens with one attached hydrogen (secondary N) is 1. The predicted octanol–water partition coefficient (Wildman–Crippen LogP) is 2.36. The molecule has 1 fully saturated rings. The van der Waals surface area contributed by atoms with Crippen molar-refractivity contribution in [1.82, 2.24) is 10.3 Å². The minimum absolute atomic E-state index is 0.407. The molecule has 0 amide bonds. The first-order chi connectivity index (χ1) is 7.68. The molecular formula is C12H20N2OS. The van der Waals surface area contributed by atoms with Gasteiger partial charge in [-0.2, -0.15) is 0 Å². The van der Waals surface area contributed by atoms with Crippen LogP contribution < -0.4 is 5.32 Å². The van der Waals surface area contributed by atoms with Gasteiger partial charge in [-0.3, -0.25) is 0 Å². The van der Waals surface area contributed by atoms with Crippen LogP contribution in [-0.4, -0.2) is 24.7 Å². The van der Waals surface area contributed by atoms with Gasteiger partial charge in [-0.15, -0.1) is 11.3 Å². The number of aromatic nitrogens is 1. The molecule has 0 unspecified atom stereocenters. The van der Waals surface area contributed by atoms with E-state index < -0.39 is 0 Å². The number of rotatable bonds is 4. The van der Waals surface area contributed by atoms with E-state index in [4.69, 9.17) is 4.74 Å². The van der Waals surface area contributed by atoms with Gasteiger partial charge in [-0.25, -0.2) is 4.98 Å². The van der Waals surface area contributed by atoms with Gasteiger partial charge in [-0.05, 0) is 25.2 Å². The summed E-state index contributed by atoms with van der Waals surface area (Å²) in [6.07, 6.45) is 4.27. The van der Waals surface area contributed by atoms with Gasteiger partial charge in [0.25, 0.3) is 0 Å². The number of hydrogen-bond donors (Lipinski definition) is 1. The van der Waals surface area contributed by atoms with Gasteiger partial charge in [-0.1, -0.05) is 6.92 Å². The van der Waals surface area contributed by atoms with E-state index in [1.54, 1.807) is 11.3 Å². The summed E-state index contributed by atoms with van der Waals surface area (Å²) in [4.78, 5) is 5.64. The number of thiazole rings is 1. The lowest BCUT2D eigenvalue weighted by Crippen LogP contribution is -2.36. The Labute approximate surface area is 101 Å². The maximum Gasteiger partial charge on any atom is 0.107 e. The molecule has 0 saturated carbocycles. The van der Waals surface area contributed by atoms with Crippen molar-refractivity contribution in [2.45, 2.75) is 33.2 Å². The largest absolute Gasteiger partial charge is 0.381 e. The predicted molar refractivity (Wildman–Crippen MR) is 66.7 cm³/mol. The molecule has 90 valence electrons. The summed E-state index contributed by atoms with van der Waals surface area (Å²) in [6.45, 7) is 8.23. The molecular weight excluding hydrogens is 220 g/mol. The molecule has 1 aliphatic rings. The Balaban J connectivity index is 1.74. The van der Waals surface area contributed by atoms with Crippen LogP contribution in [0.2, 0.25) is 0 Å². The van der Waals surface area contributed by atoms with Crippen molar-refractivity contribution in [2.24, 2.45) is 5.41 Å². The second kappa shape index (κ2) is 5.25. The average molecular weight is 240 g/mol. The zero-order valence-electron chi connectivity index (χ0n) is 10.1. The number of aryl methyl sites for hydroxylation is 1. The minimum atomic E-state index is 0.407. The molecule has 2 rings (SSSR count). The number of ether oxygens (including phenoxy) is 1. The normalized spacial score (nSPS) is 19.9. The molecule has 0 aromatic carbocycles. The highest BCUT2D eigenvalue weighted by Crippen LogP contribution is 2.28. The SMILES string of the molecule is Cc1cnc(CNCC2(C)CCOCC2)s1. The van der Waals surface area contributed by atoms with Crippen LogP contribution in [0, 0.1) is 12.3 Å². The lowest BCUT2D eigenvalue weighted by molar-refractivity contribution is 0.0240.